The maximum absolute atomic E-state index is 11.9. The average Bonchev–Trinajstić information content (AvgIpc) is 2.38. The predicted octanol–water partition coefficient (Wildman–Crippen LogP) is 1.42. The van der Waals surface area contributed by atoms with E-state index < -0.39 is 9.84 Å². The molecule has 0 radical (unpaired) electrons. The van der Waals surface area contributed by atoms with E-state index in [2.05, 4.69) is 24.1 Å². The third kappa shape index (κ3) is 3.92. The lowest BCUT2D eigenvalue weighted by atomic mass is 9.99. The van der Waals surface area contributed by atoms with Gasteiger partial charge in [0.2, 0.25) is 0 Å². The fraction of sp³-hybridized carbons (Fsp3) is 1.00. The summed E-state index contributed by atoms with van der Waals surface area (Å²) in [4.78, 5) is 2.49. The molecule has 0 aliphatic carbocycles. The highest BCUT2D eigenvalue weighted by atomic mass is 32.2. The van der Waals surface area contributed by atoms with Crippen molar-refractivity contribution in [3.8, 4) is 0 Å². The summed E-state index contributed by atoms with van der Waals surface area (Å²) in [5, 5.41) is 3.62. The van der Waals surface area contributed by atoms with Crippen LogP contribution < -0.4 is 5.32 Å². The highest BCUT2D eigenvalue weighted by molar-refractivity contribution is 7.91. The molecule has 4 nitrogen and oxygen atoms in total. The van der Waals surface area contributed by atoms with Crippen LogP contribution in [0.1, 0.15) is 46.0 Å². The molecule has 2 rings (SSSR count). The first-order valence-corrected chi connectivity index (χ1v) is 9.57. The van der Waals surface area contributed by atoms with Gasteiger partial charge in [0.25, 0.3) is 0 Å². The first-order chi connectivity index (χ1) is 9.05. The van der Waals surface area contributed by atoms with Gasteiger partial charge in [-0.1, -0.05) is 20.3 Å². The van der Waals surface area contributed by atoms with Crippen LogP contribution in [-0.2, 0) is 9.84 Å². The zero-order chi connectivity index (χ0) is 13.9. The van der Waals surface area contributed by atoms with E-state index in [0.717, 1.165) is 32.4 Å². The maximum atomic E-state index is 11.9. The van der Waals surface area contributed by atoms with Crippen LogP contribution >= 0.6 is 0 Å². The van der Waals surface area contributed by atoms with E-state index in [1.54, 1.807) is 0 Å². The molecule has 2 aliphatic rings. The molecule has 0 bridgehead atoms. The van der Waals surface area contributed by atoms with Crippen LogP contribution in [0.25, 0.3) is 0 Å². The van der Waals surface area contributed by atoms with Crippen LogP contribution in [-0.4, -0.2) is 56.0 Å². The van der Waals surface area contributed by atoms with Gasteiger partial charge in [0, 0.05) is 31.2 Å². The second-order valence-corrected chi connectivity index (χ2v) is 8.29. The molecule has 19 heavy (non-hydrogen) atoms. The third-order valence-electron chi connectivity index (χ3n) is 4.56. The molecule has 112 valence electrons. The first-order valence-electron chi connectivity index (χ1n) is 7.75. The summed E-state index contributed by atoms with van der Waals surface area (Å²) in [6.07, 6.45) is 5.36. The van der Waals surface area contributed by atoms with Crippen molar-refractivity contribution in [2.75, 3.05) is 24.6 Å². The summed E-state index contributed by atoms with van der Waals surface area (Å²) in [6, 6.07) is 1.30. The second kappa shape index (κ2) is 6.55. The van der Waals surface area contributed by atoms with Crippen molar-refractivity contribution >= 4 is 9.84 Å². The predicted molar refractivity (Wildman–Crippen MR) is 79.2 cm³/mol. The summed E-state index contributed by atoms with van der Waals surface area (Å²) < 4.78 is 23.7. The fourth-order valence-electron chi connectivity index (χ4n) is 3.52. The molecular formula is C14H28N2O2S. The lowest BCUT2D eigenvalue weighted by molar-refractivity contribution is 0.0791. The summed E-state index contributed by atoms with van der Waals surface area (Å²) in [6.45, 7) is 6.45. The highest BCUT2D eigenvalue weighted by Gasteiger charge is 2.35. The van der Waals surface area contributed by atoms with E-state index in [9.17, 15) is 8.42 Å². The van der Waals surface area contributed by atoms with Crippen molar-refractivity contribution in [3.63, 3.8) is 0 Å². The van der Waals surface area contributed by atoms with Crippen LogP contribution in [0.4, 0.5) is 0 Å². The Hall–Kier alpha value is -0.130. The minimum atomic E-state index is -2.80. The number of nitrogens with zero attached hydrogens (tertiary/aromatic N) is 1. The van der Waals surface area contributed by atoms with Gasteiger partial charge >= 0.3 is 0 Å². The lowest BCUT2D eigenvalue weighted by Gasteiger charge is -2.45. The smallest absolute Gasteiger partial charge is 0.151 e. The van der Waals surface area contributed by atoms with Gasteiger partial charge in [0.15, 0.2) is 9.84 Å². The molecule has 5 heteroatoms. The van der Waals surface area contributed by atoms with Crippen molar-refractivity contribution < 1.29 is 8.42 Å². The van der Waals surface area contributed by atoms with E-state index >= 15 is 0 Å². The Balaban J connectivity index is 2.05. The molecule has 0 saturated carbocycles. The normalized spacial score (nSPS) is 36.2. The van der Waals surface area contributed by atoms with Gasteiger partial charge in [-0.3, -0.25) is 4.90 Å². The average molecular weight is 288 g/mol. The Morgan fingerprint density at radius 3 is 2.74 bits per heavy atom. The van der Waals surface area contributed by atoms with E-state index in [-0.39, 0.29) is 6.04 Å². The number of piperazine rings is 1. The molecule has 0 spiro atoms. The number of sulfone groups is 1. The Labute approximate surface area is 117 Å². The zero-order valence-corrected chi connectivity index (χ0v) is 13.1. The molecule has 2 aliphatic heterocycles. The topological polar surface area (TPSA) is 49.4 Å². The summed E-state index contributed by atoms with van der Waals surface area (Å²) in [5.41, 5.74) is 0. The Morgan fingerprint density at radius 2 is 2.11 bits per heavy atom. The summed E-state index contributed by atoms with van der Waals surface area (Å²) >= 11 is 0. The monoisotopic (exact) mass is 288 g/mol. The minimum Gasteiger partial charge on any atom is -0.311 e. The van der Waals surface area contributed by atoms with Crippen molar-refractivity contribution in [2.24, 2.45) is 0 Å². The van der Waals surface area contributed by atoms with Gasteiger partial charge in [0.05, 0.1) is 11.5 Å². The molecule has 0 aromatic rings. The zero-order valence-electron chi connectivity index (χ0n) is 12.3. The largest absolute Gasteiger partial charge is 0.311 e. The van der Waals surface area contributed by atoms with Crippen LogP contribution in [0.2, 0.25) is 0 Å². The minimum absolute atomic E-state index is 0.255. The number of nitrogens with one attached hydrogen (secondary N) is 1. The van der Waals surface area contributed by atoms with Gasteiger partial charge in [-0.2, -0.15) is 0 Å². The molecule has 2 fully saturated rings. The summed E-state index contributed by atoms with van der Waals surface area (Å²) in [7, 11) is -2.80. The quantitative estimate of drug-likeness (QED) is 0.850. The third-order valence-corrected chi connectivity index (χ3v) is 6.36. The van der Waals surface area contributed by atoms with E-state index in [1.165, 1.54) is 12.8 Å². The van der Waals surface area contributed by atoms with Gasteiger partial charge in [-0.15, -0.1) is 0 Å². The number of hydrogen-bond donors (Lipinski definition) is 1. The van der Waals surface area contributed by atoms with Gasteiger partial charge in [-0.25, -0.2) is 8.42 Å². The van der Waals surface area contributed by atoms with E-state index in [4.69, 9.17) is 0 Å². The molecule has 1 N–H and O–H groups in total. The van der Waals surface area contributed by atoms with Crippen molar-refractivity contribution in [1.29, 1.82) is 0 Å². The van der Waals surface area contributed by atoms with E-state index in [1.807, 2.05) is 0 Å². The van der Waals surface area contributed by atoms with Crippen LogP contribution in [0.15, 0.2) is 0 Å². The van der Waals surface area contributed by atoms with Crippen molar-refractivity contribution in [2.45, 2.75) is 64.1 Å². The Morgan fingerprint density at radius 1 is 1.32 bits per heavy atom. The van der Waals surface area contributed by atoms with Gasteiger partial charge < -0.3 is 5.32 Å². The van der Waals surface area contributed by atoms with Gasteiger partial charge in [-0.05, 0) is 25.7 Å². The molecule has 0 amide bonds. The number of rotatable bonds is 4. The molecule has 2 saturated heterocycles. The highest BCUT2D eigenvalue weighted by Crippen LogP contribution is 2.23. The van der Waals surface area contributed by atoms with Gasteiger partial charge in [0.1, 0.15) is 0 Å². The van der Waals surface area contributed by atoms with Crippen LogP contribution in [0.5, 0.6) is 0 Å². The Bertz CT molecular complexity index is 383. The first kappa shape index (κ1) is 15.3. The summed E-state index contributed by atoms with van der Waals surface area (Å²) in [5.74, 6) is 0.771. The second-order valence-electron chi connectivity index (χ2n) is 6.06. The maximum Gasteiger partial charge on any atom is 0.151 e. The molecule has 3 atom stereocenters. The fourth-order valence-corrected chi connectivity index (χ4v) is 5.23. The van der Waals surface area contributed by atoms with Crippen LogP contribution in [0, 0.1) is 0 Å². The molecular weight excluding hydrogens is 260 g/mol. The van der Waals surface area contributed by atoms with Crippen molar-refractivity contribution in [3.05, 3.63) is 0 Å². The van der Waals surface area contributed by atoms with Crippen molar-refractivity contribution in [1.82, 2.24) is 10.2 Å². The molecule has 0 aromatic heterocycles. The standard InChI is InChI=1S/C14H28N2O2S/c1-3-6-12-10-16(13(4-2)9-15-12)14-7-5-8-19(17,18)11-14/h12-15H,3-11H2,1-2H3. The van der Waals surface area contributed by atoms with Crippen LogP contribution in [0.3, 0.4) is 0 Å². The van der Waals surface area contributed by atoms with E-state index in [0.29, 0.717) is 23.6 Å². The molecule has 3 unspecified atom stereocenters. The Kier molecular flexibility index (Phi) is 5.26. The number of hydrogen-bond acceptors (Lipinski definition) is 4. The SMILES string of the molecule is CCCC1CN(C2CCCS(=O)(=O)C2)C(CC)CN1. The lowest BCUT2D eigenvalue weighted by Crippen LogP contribution is -2.61. The molecule has 0 aromatic carbocycles. The molecule has 2 heterocycles.